The Hall–Kier alpha value is -1.91. The first-order valence-electron chi connectivity index (χ1n) is 6.99. The number of hydrogen-bond acceptors (Lipinski definition) is 2. The van der Waals surface area contributed by atoms with Crippen molar-refractivity contribution in [2.24, 2.45) is 0 Å². The van der Waals surface area contributed by atoms with Gasteiger partial charge in [0, 0.05) is 13.2 Å². The summed E-state index contributed by atoms with van der Waals surface area (Å²) in [7, 11) is 0. The first-order chi connectivity index (χ1) is 10.6. The monoisotopic (exact) mass is 321 g/mol. The van der Waals surface area contributed by atoms with Gasteiger partial charge in [0.25, 0.3) is 5.91 Å². The molecule has 1 N–H and O–H groups in total. The van der Waals surface area contributed by atoms with Crippen LogP contribution >= 0.6 is 11.6 Å². The lowest BCUT2D eigenvalue weighted by molar-refractivity contribution is 0.0950. The standard InChI is InChI=1S/C17H17ClFNO2/c1-2-22-11-13-6-4-3-5-12(13)10-20-17(21)15-8-7-14(19)9-16(15)18/h3-9H,2,10-11H2,1H3,(H,20,21). The fraction of sp³-hybridized carbons (Fsp3) is 0.235. The molecule has 0 aliphatic rings. The first-order valence-corrected chi connectivity index (χ1v) is 7.37. The second kappa shape index (κ2) is 7.92. The van der Waals surface area contributed by atoms with Gasteiger partial charge in [0.2, 0.25) is 0 Å². The van der Waals surface area contributed by atoms with Gasteiger partial charge in [-0.2, -0.15) is 0 Å². The van der Waals surface area contributed by atoms with Crippen LogP contribution in [0.3, 0.4) is 0 Å². The number of carbonyl (C=O) groups is 1. The molecule has 2 rings (SSSR count). The van der Waals surface area contributed by atoms with Gasteiger partial charge in [0.15, 0.2) is 0 Å². The van der Waals surface area contributed by atoms with Crippen LogP contribution in [0, 0.1) is 5.82 Å². The molecular weight excluding hydrogens is 305 g/mol. The molecule has 2 aromatic carbocycles. The van der Waals surface area contributed by atoms with Crippen LogP contribution in [0.2, 0.25) is 5.02 Å². The molecule has 1 amide bonds. The average Bonchev–Trinajstić information content (AvgIpc) is 2.51. The summed E-state index contributed by atoms with van der Waals surface area (Å²) in [5.74, 6) is -0.806. The fourth-order valence-electron chi connectivity index (χ4n) is 2.03. The highest BCUT2D eigenvalue weighted by molar-refractivity contribution is 6.33. The molecule has 0 heterocycles. The number of hydrogen-bond donors (Lipinski definition) is 1. The number of ether oxygens (including phenoxy) is 1. The maximum absolute atomic E-state index is 13.0. The Balaban J connectivity index is 2.05. The van der Waals surface area contributed by atoms with Crippen LogP contribution in [0.1, 0.15) is 28.4 Å². The molecule has 3 nitrogen and oxygen atoms in total. The van der Waals surface area contributed by atoms with E-state index in [1.54, 1.807) is 0 Å². The van der Waals surface area contributed by atoms with Crippen molar-refractivity contribution in [3.8, 4) is 0 Å². The summed E-state index contributed by atoms with van der Waals surface area (Å²) >= 11 is 5.89. The maximum atomic E-state index is 13.0. The van der Waals surface area contributed by atoms with Crippen LogP contribution in [0.4, 0.5) is 4.39 Å². The van der Waals surface area contributed by atoms with Crippen LogP contribution in [0.5, 0.6) is 0 Å². The van der Waals surface area contributed by atoms with Gasteiger partial charge < -0.3 is 10.1 Å². The molecule has 116 valence electrons. The van der Waals surface area contributed by atoms with Crippen molar-refractivity contribution in [2.75, 3.05) is 6.61 Å². The second-order valence-electron chi connectivity index (χ2n) is 4.71. The third kappa shape index (κ3) is 4.29. The lowest BCUT2D eigenvalue weighted by atomic mass is 10.1. The maximum Gasteiger partial charge on any atom is 0.253 e. The average molecular weight is 322 g/mol. The summed E-state index contributed by atoms with van der Waals surface area (Å²) in [6.07, 6.45) is 0. The first kappa shape index (κ1) is 16.5. The Bertz CT molecular complexity index is 661. The molecule has 0 atom stereocenters. The predicted octanol–water partition coefficient (Wildman–Crippen LogP) is 3.95. The minimum atomic E-state index is -0.469. The molecule has 0 radical (unpaired) electrons. The van der Waals surface area contributed by atoms with E-state index < -0.39 is 5.82 Å². The van der Waals surface area contributed by atoms with Gasteiger partial charge in [0.1, 0.15) is 5.82 Å². The zero-order valence-corrected chi connectivity index (χ0v) is 13.0. The van der Waals surface area contributed by atoms with Gasteiger partial charge in [-0.3, -0.25) is 4.79 Å². The summed E-state index contributed by atoms with van der Waals surface area (Å²) in [4.78, 5) is 12.1. The van der Waals surface area contributed by atoms with E-state index >= 15 is 0 Å². The minimum absolute atomic E-state index is 0.0973. The summed E-state index contributed by atoms with van der Waals surface area (Å²) in [6.45, 7) is 3.42. The lowest BCUT2D eigenvalue weighted by Crippen LogP contribution is -2.23. The van der Waals surface area contributed by atoms with Gasteiger partial charge in [-0.05, 0) is 36.2 Å². The van der Waals surface area contributed by atoms with E-state index in [2.05, 4.69) is 5.32 Å². The number of halogens is 2. The smallest absolute Gasteiger partial charge is 0.253 e. The van der Waals surface area contributed by atoms with E-state index in [1.165, 1.54) is 12.1 Å². The van der Waals surface area contributed by atoms with Gasteiger partial charge in [-0.15, -0.1) is 0 Å². The van der Waals surface area contributed by atoms with Gasteiger partial charge in [-0.25, -0.2) is 4.39 Å². The van der Waals surface area contributed by atoms with Crippen molar-refractivity contribution in [1.82, 2.24) is 5.32 Å². The Kier molecular flexibility index (Phi) is 5.92. The van der Waals surface area contributed by atoms with Crippen molar-refractivity contribution >= 4 is 17.5 Å². The molecule has 0 fully saturated rings. The summed E-state index contributed by atoms with van der Waals surface area (Å²) in [5.41, 5.74) is 2.25. The third-order valence-electron chi connectivity index (χ3n) is 3.20. The van der Waals surface area contributed by atoms with Gasteiger partial charge >= 0.3 is 0 Å². The largest absolute Gasteiger partial charge is 0.377 e. The molecular formula is C17H17ClFNO2. The molecule has 22 heavy (non-hydrogen) atoms. The SMILES string of the molecule is CCOCc1ccccc1CNC(=O)c1ccc(F)cc1Cl. The summed E-state index contributed by atoms with van der Waals surface area (Å²) < 4.78 is 18.4. The molecule has 2 aromatic rings. The van der Waals surface area contributed by atoms with Crippen LogP contribution in [-0.4, -0.2) is 12.5 Å². The zero-order chi connectivity index (χ0) is 15.9. The van der Waals surface area contributed by atoms with Crippen LogP contribution in [0.25, 0.3) is 0 Å². The quantitative estimate of drug-likeness (QED) is 0.875. The van der Waals surface area contributed by atoms with Crippen LogP contribution in [-0.2, 0) is 17.9 Å². The number of nitrogens with one attached hydrogen (secondary N) is 1. The Labute approximate surface area is 134 Å². The summed E-state index contributed by atoms with van der Waals surface area (Å²) in [5, 5.41) is 2.89. The van der Waals surface area contributed by atoms with Crippen molar-refractivity contribution in [2.45, 2.75) is 20.1 Å². The highest BCUT2D eigenvalue weighted by Crippen LogP contribution is 2.17. The number of carbonyl (C=O) groups excluding carboxylic acids is 1. The second-order valence-corrected chi connectivity index (χ2v) is 5.12. The topological polar surface area (TPSA) is 38.3 Å². The van der Waals surface area contributed by atoms with E-state index in [-0.39, 0.29) is 16.5 Å². The molecule has 0 aliphatic heterocycles. The number of amides is 1. The highest BCUT2D eigenvalue weighted by Gasteiger charge is 2.11. The van der Waals surface area contributed by atoms with E-state index in [1.807, 2.05) is 31.2 Å². The van der Waals surface area contributed by atoms with Crippen molar-refractivity contribution in [1.29, 1.82) is 0 Å². The molecule has 5 heteroatoms. The molecule has 0 saturated carbocycles. The van der Waals surface area contributed by atoms with Crippen LogP contribution < -0.4 is 5.32 Å². The minimum Gasteiger partial charge on any atom is -0.377 e. The van der Waals surface area contributed by atoms with E-state index in [0.29, 0.717) is 19.8 Å². The summed E-state index contributed by atoms with van der Waals surface area (Å²) in [6, 6.07) is 11.4. The molecule has 0 saturated heterocycles. The molecule has 0 aromatic heterocycles. The van der Waals surface area contributed by atoms with Crippen molar-refractivity contribution in [3.05, 3.63) is 70.0 Å². The van der Waals surface area contributed by atoms with Crippen molar-refractivity contribution < 1.29 is 13.9 Å². The zero-order valence-electron chi connectivity index (χ0n) is 12.2. The van der Waals surface area contributed by atoms with E-state index in [0.717, 1.165) is 17.2 Å². The number of benzene rings is 2. The lowest BCUT2D eigenvalue weighted by Gasteiger charge is -2.11. The van der Waals surface area contributed by atoms with E-state index in [9.17, 15) is 9.18 Å². The third-order valence-corrected chi connectivity index (χ3v) is 3.51. The Morgan fingerprint density at radius 2 is 1.95 bits per heavy atom. The van der Waals surface area contributed by atoms with E-state index in [4.69, 9.17) is 16.3 Å². The molecule has 0 aliphatic carbocycles. The predicted molar refractivity (Wildman–Crippen MR) is 84.4 cm³/mol. The Morgan fingerprint density at radius 1 is 1.23 bits per heavy atom. The number of rotatable bonds is 6. The van der Waals surface area contributed by atoms with Crippen LogP contribution in [0.15, 0.2) is 42.5 Å². The molecule has 0 bridgehead atoms. The Morgan fingerprint density at radius 3 is 2.64 bits per heavy atom. The normalized spacial score (nSPS) is 10.5. The molecule has 0 unspecified atom stereocenters. The molecule has 0 spiro atoms. The van der Waals surface area contributed by atoms with Gasteiger partial charge in [0.05, 0.1) is 17.2 Å². The van der Waals surface area contributed by atoms with Crippen molar-refractivity contribution in [3.63, 3.8) is 0 Å². The van der Waals surface area contributed by atoms with Gasteiger partial charge in [-0.1, -0.05) is 35.9 Å². The fourth-order valence-corrected chi connectivity index (χ4v) is 2.28. The highest BCUT2D eigenvalue weighted by atomic mass is 35.5.